The summed E-state index contributed by atoms with van der Waals surface area (Å²) in [5, 5.41) is 8.77. The highest BCUT2D eigenvalue weighted by Crippen LogP contribution is 2.37. The molecule has 1 saturated carbocycles. The van der Waals surface area contributed by atoms with E-state index < -0.39 is 0 Å². The van der Waals surface area contributed by atoms with E-state index in [1.165, 1.54) is 11.3 Å². The van der Waals surface area contributed by atoms with Crippen LogP contribution in [0, 0.1) is 0 Å². The summed E-state index contributed by atoms with van der Waals surface area (Å²) in [6, 6.07) is 16.3. The van der Waals surface area contributed by atoms with Crippen molar-refractivity contribution in [1.29, 1.82) is 0 Å². The zero-order valence-corrected chi connectivity index (χ0v) is 20.8. The molecule has 0 unspecified atom stereocenters. The van der Waals surface area contributed by atoms with Crippen LogP contribution in [-0.4, -0.2) is 42.0 Å². The number of ketones is 1. The number of carbonyl (C=O) groups excluding carboxylic acids is 1. The lowest BCUT2D eigenvalue weighted by atomic mass is 9.79. The van der Waals surface area contributed by atoms with Crippen molar-refractivity contribution in [2.75, 3.05) is 0 Å². The van der Waals surface area contributed by atoms with E-state index in [0.717, 1.165) is 78.6 Å². The third-order valence-corrected chi connectivity index (χ3v) is 8.27. The molecular formula is C28H23N7OS. The lowest BCUT2D eigenvalue weighted by molar-refractivity contribution is 0.102. The molecular weight excluding hydrogens is 482 g/mol. The molecule has 0 atom stereocenters. The number of H-pyrrole nitrogens is 2. The van der Waals surface area contributed by atoms with Crippen LogP contribution in [-0.2, 0) is 0 Å². The molecule has 9 heteroatoms. The van der Waals surface area contributed by atoms with Crippen molar-refractivity contribution < 1.29 is 4.79 Å². The first-order valence-corrected chi connectivity index (χ1v) is 13.0. The van der Waals surface area contributed by atoms with Crippen LogP contribution in [0.4, 0.5) is 0 Å². The standard InChI is InChI=1S/C28H23N7OS/c1-14(36)25-7-8-26(37-25)17-3-2-4-19-18(17)11-22(31-19)28-27-21(34-35-28)6-5-20(33-27)24-13-30-12-23(32-24)15-9-16(29)10-15/h2-8,11-13,15-16,31H,9-10,29H2,1H3,(H,34,35). The Balaban J connectivity index is 1.29. The van der Waals surface area contributed by atoms with Crippen LogP contribution in [0.2, 0.25) is 0 Å². The molecule has 1 aliphatic rings. The van der Waals surface area contributed by atoms with Crippen LogP contribution in [0.5, 0.6) is 0 Å². The normalized spacial score (nSPS) is 17.4. The number of pyridine rings is 1. The van der Waals surface area contributed by atoms with E-state index in [0.29, 0.717) is 5.92 Å². The maximum Gasteiger partial charge on any atom is 0.169 e. The first-order valence-electron chi connectivity index (χ1n) is 12.2. The number of aromatic amines is 2. The quantitative estimate of drug-likeness (QED) is 0.258. The van der Waals surface area contributed by atoms with Crippen LogP contribution < -0.4 is 5.73 Å². The fourth-order valence-corrected chi connectivity index (χ4v) is 5.94. The molecule has 0 spiro atoms. The first-order chi connectivity index (χ1) is 18.0. The number of rotatable bonds is 5. The van der Waals surface area contributed by atoms with Gasteiger partial charge in [-0.1, -0.05) is 12.1 Å². The number of nitrogens with two attached hydrogens (primary N) is 1. The van der Waals surface area contributed by atoms with Gasteiger partial charge in [0.1, 0.15) is 16.9 Å². The topological polar surface area (TPSA) is 126 Å². The van der Waals surface area contributed by atoms with E-state index in [4.69, 9.17) is 15.7 Å². The summed E-state index contributed by atoms with van der Waals surface area (Å²) in [5.41, 5.74) is 13.7. The van der Waals surface area contributed by atoms with Crippen LogP contribution in [0.1, 0.15) is 41.0 Å². The third-order valence-electron chi connectivity index (χ3n) is 7.05. The van der Waals surface area contributed by atoms with Crippen LogP contribution in [0.25, 0.3) is 55.2 Å². The summed E-state index contributed by atoms with van der Waals surface area (Å²) in [5.74, 6) is 0.445. The second-order valence-electron chi connectivity index (χ2n) is 9.59. The van der Waals surface area contributed by atoms with Gasteiger partial charge < -0.3 is 10.7 Å². The SMILES string of the molecule is CC(=O)c1ccc(-c2cccc3[nH]c(-c4n[nH]c5ccc(-c6cncc(C7CC(N)C7)n6)nc45)cc23)s1. The van der Waals surface area contributed by atoms with Gasteiger partial charge in [-0.05, 0) is 56.2 Å². The molecule has 182 valence electrons. The molecule has 4 N–H and O–H groups in total. The molecule has 37 heavy (non-hydrogen) atoms. The van der Waals surface area contributed by atoms with Gasteiger partial charge in [0.05, 0.1) is 33.7 Å². The molecule has 5 aromatic heterocycles. The summed E-state index contributed by atoms with van der Waals surface area (Å²) in [4.78, 5) is 31.3. The molecule has 7 rings (SSSR count). The summed E-state index contributed by atoms with van der Waals surface area (Å²) in [6.45, 7) is 1.60. The largest absolute Gasteiger partial charge is 0.353 e. The Hall–Kier alpha value is -4.21. The van der Waals surface area contributed by atoms with Gasteiger partial charge in [-0.15, -0.1) is 11.3 Å². The number of hydrogen-bond acceptors (Lipinski definition) is 7. The number of Topliss-reactive ketones (excluding diaryl/α,β-unsaturated/α-hetero) is 1. The molecule has 6 aromatic rings. The van der Waals surface area contributed by atoms with Crippen molar-refractivity contribution in [2.45, 2.75) is 31.7 Å². The van der Waals surface area contributed by atoms with E-state index in [1.807, 2.05) is 42.6 Å². The van der Waals surface area contributed by atoms with Gasteiger partial charge in [0.15, 0.2) is 5.78 Å². The van der Waals surface area contributed by atoms with E-state index in [2.05, 4.69) is 32.3 Å². The Kier molecular flexibility index (Phi) is 5.02. The number of nitrogens with one attached hydrogen (secondary N) is 2. The number of hydrogen-bond donors (Lipinski definition) is 3. The Morgan fingerprint density at radius 2 is 1.92 bits per heavy atom. The fraction of sp³-hybridized carbons (Fsp3) is 0.179. The monoisotopic (exact) mass is 505 g/mol. The molecule has 0 saturated heterocycles. The Bertz CT molecular complexity index is 1810. The minimum Gasteiger partial charge on any atom is -0.353 e. The average molecular weight is 506 g/mol. The van der Waals surface area contributed by atoms with Crippen molar-refractivity contribution in [3.8, 4) is 33.2 Å². The van der Waals surface area contributed by atoms with Gasteiger partial charge in [-0.2, -0.15) is 5.10 Å². The molecule has 0 amide bonds. The molecule has 8 nitrogen and oxygen atoms in total. The highest BCUT2D eigenvalue weighted by molar-refractivity contribution is 7.17. The lowest BCUT2D eigenvalue weighted by Gasteiger charge is -2.31. The first kappa shape index (κ1) is 22.0. The van der Waals surface area contributed by atoms with Crippen LogP contribution in [0.3, 0.4) is 0 Å². The zero-order valence-electron chi connectivity index (χ0n) is 20.0. The minimum absolute atomic E-state index is 0.0783. The second kappa shape index (κ2) is 8.43. The lowest BCUT2D eigenvalue weighted by Crippen LogP contribution is -2.35. The highest BCUT2D eigenvalue weighted by Gasteiger charge is 2.29. The molecule has 0 bridgehead atoms. The van der Waals surface area contributed by atoms with Crippen molar-refractivity contribution in [2.24, 2.45) is 5.73 Å². The highest BCUT2D eigenvalue weighted by atomic mass is 32.1. The van der Waals surface area contributed by atoms with Crippen LogP contribution in [0.15, 0.2) is 60.9 Å². The average Bonchev–Trinajstić information content (AvgIpc) is 3.64. The molecule has 5 heterocycles. The number of thiophene rings is 1. The van der Waals surface area contributed by atoms with Gasteiger partial charge in [0, 0.05) is 39.5 Å². The van der Waals surface area contributed by atoms with Crippen molar-refractivity contribution >= 4 is 39.1 Å². The molecule has 0 aliphatic heterocycles. The maximum absolute atomic E-state index is 11.8. The molecule has 1 fully saturated rings. The van der Waals surface area contributed by atoms with Gasteiger partial charge >= 0.3 is 0 Å². The number of carbonyl (C=O) groups is 1. The number of nitrogens with zero attached hydrogens (tertiary/aromatic N) is 4. The molecule has 1 aliphatic carbocycles. The maximum atomic E-state index is 11.8. The van der Waals surface area contributed by atoms with Crippen molar-refractivity contribution in [3.63, 3.8) is 0 Å². The predicted molar refractivity (Wildman–Crippen MR) is 145 cm³/mol. The molecule has 1 aromatic carbocycles. The smallest absolute Gasteiger partial charge is 0.169 e. The Labute approximate surface area is 216 Å². The second-order valence-corrected chi connectivity index (χ2v) is 10.7. The molecule has 0 radical (unpaired) electrons. The van der Waals surface area contributed by atoms with E-state index in [9.17, 15) is 4.79 Å². The van der Waals surface area contributed by atoms with Gasteiger partial charge in [0.25, 0.3) is 0 Å². The van der Waals surface area contributed by atoms with Gasteiger partial charge in [-0.3, -0.25) is 14.9 Å². The number of fused-ring (bicyclic) bond motifs is 2. The van der Waals surface area contributed by atoms with Crippen LogP contribution >= 0.6 is 11.3 Å². The zero-order chi connectivity index (χ0) is 25.1. The summed E-state index contributed by atoms with van der Waals surface area (Å²) >= 11 is 1.51. The van der Waals surface area contributed by atoms with Gasteiger partial charge in [0.2, 0.25) is 0 Å². The van der Waals surface area contributed by atoms with E-state index in [-0.39, 0.29) is 11.8 Å². The number of benzene rings is 1. The van der Waals surface area contributed by atoms with Crippen molar-refractivity contribution in [1.82, 2.24) is 30.1 Å². The van der Waals surface area contributed by atoms with Gasteiger partial charge in [-0.25, -0.2) is 9.97 Å². The minimum atomic E-state index is 0.0783. The Morgan fingerprint density at radius 1 is 1.03 bits per heavy atom. The summed E-state index contributed by atoms with van der Waals surface area (Å²) in [6.07, 6.45) is 5.47. The summed E-state index contributed by atoms with van der Waals surface area (Å²) in [7, 11) is 0. The van der Waals surface area contributed by atoms with E-state index in [1.54, 1.807) is 13.1 Å². The summed E-state index contributed by atoms with van der Waals surface area (Å²) < 4.78 is 0. The third kappa shape index (κ3) is 3.75. The van der Waals surface area contributed by atoms with E-state index >= 15 is 0 Å². The fourth-order valence-electron chi connectivity index (χ4n) is 5.00. The number of aromatic nitrogens is 6. The van der Waals surface area contributed by atoms with Crippen molar-refractivity contribution in [3.05, 3.63) is 71.5 Å². The predicted octanol–water partition coefficient (Wildman–Crippen LogP) is 5.70. The Morgan fingerprint density at radius 3 is 2.73 bits per heavy atom.